The van der Waals surface area contributed by atoms with Crippen molar-refractivity contribution in [3.63, 3.8) is 0 Å². The third-order valence-corrected chi connectivity index (χ3v) is 2.86. The van der Waals surface area contributed by atoms with E-state index in [9.17, 15) is 4.79 Å². The van der Waals surface area contributed by atoms with E-state index >= 15 is 0 Å². The van der Waals surface area contributed by atoms with Gasteiger partial charge in [-0.15, -0.1) is 0 Å². The van der Waals surface area contributed by atoms with Crippen LogP contribution in [0.5, 0.6) is 0 Å². The van der Waals surface area contributed by atoms with Gasteiger partial charge in [-0.25, -0.2) is 0 Å². The van der Waals surface area contributed by atoms with Crippen LogP contribution in [0.1, 0.15) is 10.4 Å². The molecule has 20 heavy (non-hydrogen) atoms. The predicted octanol–water partition coefficient (Wildman–Crippen LogP) is 1.69. The number of para-hydroxylation sites is 2. The maximum Gasteiger partial charge on any atom is 0.259 e. The lowest BCUT2D eigenvalue weighted by molar-refractivity contribution is 0.102. The average molecular weight is 271 g/mol. The largest absolute Gasteiger partial charge is 0.376 e. The van der Waals surface area contributed by atoms with Crippen molar-refractivity contribution in [2.45, 2.75) is 0 Å². The number of rotatable bonds is 4. The number of carbonyl (C=O) groups excluding carboxylic acids is 1. The van der Waals surface area contributed by atoms with E-state index in [4.69, 9.17) is 5.84 Å². The third-order valence-electron chi connectivity index (χ3n) is 2.86. The maximum atomic E-state index is 12.3. The lowest BCUT2D eigenvalue weighted by atomic mass is 10.2. The summed E-state index contributed by atoms with van der Waals surface area (Å²) in [7, 11) is 3.84. The van der Waals surface area contributed by atoms with Crippen molar-refractivity contribution < 1.29 is 4.79 Å². The zero-order valence-electron chi connectivity index (χ0n) is 11.4. The molecule has 0 radical (unpaired) electrons. The number of benzene rings is 1. The summed E-state index contributed by atoms with van der Waals surface area (Å²) in [4.78, 5) is 18.2. The number of aromatic nitrogens is 1. The van der Waals surface area contributed by atoms with Crippen molar-refractivity contribution in [3.8, 4) is 0 Å². The Balaban J connectivity index is 2.28. The van der Waals surface area contributed by atoms with E-state index in [1.165, 1.54) is 6.20 Å². The molecule has 0 atom stereocenters. The fourth-order valence-corrected chi connectivity index (χ4v) is 1.86. The van der Waals surface area contributed by atoms with E-state index in [2.05, 4.69) is 15.7 Å². The highest BCUT2D eigenvalue weighted by atomic mass is 16.1. The molecule has 0 saturated heterocycles. The minimum atomic E-state index is -0.264. The molecular weight excluding hydrogens is 254 g/mol. The van der Waals surface area contributed by atoms with Gasteiger partial charge in [0.15, 0.2) is 0 Å². The number of nitrogens with zero attached hydrogens (tertiary/aromatic N) is 2. The molecule has 6 nitrogen and oxygen atoms in total. The highest BCUT2D eigenvalue weighted by Crippen LogP contribution is 2.24. The van der Waals surface area contributed by atoms with Gasteiger partial charge in [0.05, 0.1) is 22.6 Å². The Bertz CT molecular complexity index is 612. The molecule has 104 valence electrons. The van der Waals surface area contributed by atoms with Crippen LogP contribution in [0.25, 0.3) is 0 Å². The second-order valence-electron chi connectivity index (χ2n) is 4.43. The normalized spacial score (nSPS) is 9.95. The fourth-order valence-electron chi connectivity index (χ4n) is 1.86. The number of nitrogen functional groups attached to an aromatic ring is 1. The number of hydrogen-bond donors (Lipinski definition) is 3. The molecule has 0 spiro atoms. The molecule has 2 aromatic rings. The van der Waals surface area contributed by atoms with Crippen LogP contribution in [0.2, 0.25) is 0 Å². The molecule has 4 N–H and O–H groups in total. The van der Waals surface area contributed by atoms with Crippen molar-refractivity contribution in [1.82, 2.24) is 4.98 Å². The summed E-state index contributed by atoms with van der Waals surface area (Å²) in [5.41, 5.74) is 5.06. The van der Waals surface area contributed by atoms with E-state index in [1.807, 2.05) is 43.3 Å². The van der Waals surface area contributed by atoms with Gasteiger partial charge in [0.25, 0.3) is 5.91 Å². The van der Waals surface area contributed by atoms with Gasteiger partial charge in [-0.05, 0) is 18.2 Å². The summed E-state index contributed by atoms with van der Waals surface area (Å²) in [6, 6.07) is 9.21. The number of hydrogen-bond acceptors (Lipinski definition) is 5. The number of anilines is 3. The second kappa shape index (κ2) is 6.03. The van der Waals surface area contributed by atoms with Crippen molar-refractivity contribution in [2.75, 3.05) is 29.7 Å². The molecule has 1 aromatic carbocycles. The topological polar surface area (TPSA) is 83.3 Å². The monoisotopic (exact) mass is 271 g/mol. The first-order chi connectivity index (χ1) is 9.63. The standard InChI is InChI=1S/C14H17N5O/c1-19(2)13-6-4-3-5-12(13)17-14(20)10-9-16-8-7-11(10)18-15/h3-9H,15H2,1-2H3,(H,16,18)(H,17,20). The van der Waals surface area contributed by atoms with Crippen molar-refractivity contribution in [3.05, 3.63) is 48.3 Å². The number of amides is 1. The minimum absolute atomic E-state index is 0.264. The molecule has 1 amide bonds. The van der Waals surface area contributed by atoms with E-state index in [1.54, 1.807) is 12.3 Å². The molecule has 1 heterocycles. The fraction of sp³-hybridized carbons (Fsp3) is 0.143. The Morgan fingerprint density at radius 3 is 2.65 bits per heavy atom. The smallest absolute Gasteiger partial charge is 0.259 e. The van der Waals surface area contributed by atoms with Gasteiger partial charge in [-0.1, -0.05) is 12.1 Å². The maximum absolute atomic E-state index is 12.3. The van der Waals surface area contributed by atoms with Crippen LogP contribution in [-0.2, 0) is 0 Å². The SMILES string of the molecule is CN(C)c1ccccc1NC(=O)c1cnccc1NN. The number of nitrogens with one attached hydrogen (secondary N) is 2. The van der Waals surface area contributed by atoms with E-state index in [0.717, 1.165) is 11.4 Å². The predicted molar refractivity (Wildman–Crippen MR) is 80.8 cm³/mol. The summed E-state index contributed by atoms with van der Waals surface area (Å²) in [5, 5.41) is 2.87. The van der Waals surface area contributed by atoms with Gasteiger partial charge in [-0.2, -0.15) is 0 Å². The van der Waals surface area contributed by atoms with Gasteiger partial charge in [0.2, 0.25) is 0 Å². The van der Waals surface area contributed by atoms with Crippen LogP contribution in [-0.4, -0.2) is 25.0 Å². The van der Waals surface area contributed by atoms with Crippen LogP contribution in [0.3, 0.4) is 0 Å². The quantitative estimate of drug-likeness (QED) is 0.582. The van der Waals surface area contributed by atoms with Crippen LogP contribution >= 0.6 is 0 Å². The molecule has 0 aliphatic heterocycles. The third kappa shape index (κ3) is 2.86. The summed E-state index contributed by atoms with van der Waals surface area (Å²) >= 11 is 0. The molecule has 1 aromatic heterocycles. The molecule has 0 unspecified atom stereocenters. The first-order valence-corrected chi connectivity index (χ1v) is 6.12. The van der Waals surface area contributed by atoms with Crippen molar-refractivity contribution in [2.24, 2.45) is 5.84 Å². The molecule has 0 aliphatic carbocycles. The summed E-state index contributed by atoms with van der Waals surface area (Å²) in [6.45, 7) is 0. The van der Waals surface area contributed by atoms with Gasteiger partial charge in [-0.3, -0.25) is 15.6 Å². The molecule has 0 bridgehead atoms. The Labute approximate surface area is 117 Å². The molecule has 0 saturated carbocycles. The van der Waals surface area contributed by atoms with Gasteiger partial charge < -0.3 is 15.6 Å². The second-order valence-corrected chi connectivity index (χ2v) is 4.43. The molecule has 0 fully saturated rings. The van der Waals surface area contributed by atoms with Gasteiger partial charge in [0.1, 0.15) is 0 Å². The average Bonchev–Trinajstić information content (AvgIpc) is 2.47. The van der Waals surface area contributed by atoms with Gasteiger partial charge >= 0.3 is 0 Å². The number of carbonyl (C=O) groups is 1. The number of pyridine rings is 1. The highest BCUT2D eigenvalue weighted by Gasteiger charge is 2.13. The van der Waals surface area contributed by atoms with Crippen LogP contribution in [0, 0.1) is 0 Å². The van der Waals surface area contributed by atoms with Crippen molar-refractivity contribution in [1.29, 1.82) is 0 Å². The Kier molecular flexibility index (Phi) is 4.17. The molecular formula is C14H17N5O. The lowest BCUT2D eigenvalue weighted by Gasteiger charge is -2.18. The van der Waals surface area contributed by atoms with Crippen LogP contribution in [0.4, 0.5) is 17.1 Å². The first kappa shape index (κ1) is 13.8. The van der Waals surface area contributed by atoms with E-state index < -0.39 is 0 Å². The van der Waals surface area contributed by atoms with Crippen LogP contribution < -0.4 is 21.5 Å². The molecule has 0 aliphatic rings. The summed E-state index contributed by atoms with van der Waals surface area (Å²) in [6.07, 6.45) is 3.04. The summed E-state index contributed by atoms with van der Waals surface area (Å²) < 4.78 is 0. The van der Waals surface area contributed by atoms with E-state index in [0.29, 0.717) is 11.3 Å². The van der Waals surface area contributed by atoms with E-state index in [-0.39, 0.29) is 5.91 Å². The summed E-state index contributed by atoms with van der Waals surface area (Å²) in [5.74, 6) is 5.13. The Morgan fingerprint density at radius 2 is 1.95 bits per heavy atom. The van der Waals surface area contributed by atoms with Gasteiger partial charge in [0, 0.05) is 26.5 Å². The number of nitrogens with two attached hydrogens (primary N) is 1. The zero-order valence-corrected chi connectivity index (χ0v) is 11.4. The highest BCUT2D eigenvalue weighted by molar-refractivity contribution is 6.09. The first-order valence-electron chi connectivity index (χ1n) is 6.12. The molecule has 2 rings (SSSR count). The number of hydrazine groups is 1. The van der Waals surface area contributed by atoms with Crippen molar-refractivity contribution >= 4 is 23.0 Å². The minimum Gasteiger partial charge on any atom is -0.376 e. The van der Waals surface area contributed by atoms with Crippen LogP contribution in [0.15, 0.2) is 42.7 Å². The zero-order chi connectivity index (χ0) is 14.5. The molecule has 6 heteroatoms. The Morgan fingerprint density at radius 1 is 1.20 bits per heavy atom. The Hall–Kier alpha value is -2.60. The lowest BCUT2D eigenvalue weighted by Crippen LogP contribution is -2.19.